The van der Waals surface area contributed by atoms with Gasteiger partial charge in [0, 0.05) is 25.1 Å². The summed E-state index contributed by atoms with van der Waals surface area (Å²) < 4.78 is 21.8. The van der Waals surface area contributed by atoms with Crippen molar-refractivity contribution in [3.63, 3.8) is 0 Å². The van der Waals surface area contributed by atoms with Gasteiger partial charge < -0.3 is 29.0 Å². The van der Waals surface area contributed by atoms with Gasteiger partial charge in [-0.1, -0.05) is 22.0 Å². The van der Waals surface area contributed by atoms with Gasteiger partial charge in [0.15, 0.2) is 11.5 Å². The minimum Gasteiger partial charge on any atom is -0.454 e. The second-order valence-corrected chi connectivity index (χ2v) is 7.71. The Bertz CT molecular complexity index is 641. The number of carbonyl (C=O) groups is 1. The van der Waals surface area contributed by atoms with E-state index >= 15 is 0 Å². The SMILES string of the molecule is COC(CBr)c1ccc2c(c1C(O)CN(C)C(=O)OC(C)(C)C)OCO2. The molecule has 2 rings (SSSR count). The Hall–Kier alpha value is -1.51. The lowest BCUT2D eigenvalue weighted by atomic mass is 9.96. The average molecular weight is 432 g/mol. The van der Waals surface area contributed by atoms with Gasteiger partial charge in [0.25, 0.3) is 0 Å². The van der Waals surface area contributed by atoms with E-state index in [1.165, 1.54) is 4.90 Å². The Kier molecular flexibility index (Phi) is 6.76. The van der Waals surface area contributed by atoms with E-state index in [0.717, 1.165) is 5.56 Å². The number of aliphatic hydroxyl groups is 1. The number of hydrogen-bond acceptors (Lipinski definition) is 6. The van der Waals surface area contributed by atoms with Crippen LogP contribution in [0.5, 0.6) is 11.5 Å². The summed E-state index contributed by atoms with van der Waals surface area (Å²) in [5, 5.41) is 11.4. The van der Waals surface area contributed by atoms with E-state index in [1.807, 2.05) is 6.07 Å². The van der Waals surface area contributed by atoms with Gasteiger partial charge in [0.1, 0.15) is 11.7 Å². The number of alkyl halides is 1. The van der Waals surface area contributed by atoms with E-state index in [1.54, 1.807) is 41.0 Å². The van der Waals surface area contributed by atoms with Crippen LogP contribution in [0, 0.1) is 0 Å². The lowest BCUT2D eigenvalue weighted by Gasteiger charge is -2.28. The van der Waals surface area contributed by atoms with Crippen molar-refractivity contribution in [1.29, 1.82) is 0 Å². The quantitative estimate of drug-likeness (QED) is 0.695. The second-order valence-electron chi connectivity index (χ2n) is 7.06. The lowest BCUT2D eigenvalue weighted by molar-refractivity contribution is 0.0199. The highest BCUT2D eigenvalue weighted by molar-refractivity contribution is 9.09. The van der Waals surface area contributed by atoms with E-state index in [4.69, 9.17) is 18.9 Å². The number of rotatable bonds is 6. The lowest BCUT2D eigenvalue weighted by Crippen LogP contribution is -2.36. The third-order valence-electron chi connectivity index (χ3n) is 3.87. The number of methoxy groups -OCH3 is 1. The minimum atomic E-state index is -0.990. The molecule has 0 bridgehead atoms. The van der Waals surface area contributed by atoms with Crippen molar-refractivity contribution in [3.8, 4) is 11.5 Å². The van der Waals surface area contributed by atoms with Crippen LogP contribution >= 0.6 is 15.9 Å². The number of amides is 1. The van der Waals surface area contributed by atoms with Crippen molar-refractivity contribution in [3.05, 3.63) is 23.3 Å². The zero-order valence-electron chi connectivity index (χ0n) is 15.7. The van der Waals surface area contributed by atoms with Crippen LogP contribution in [-0.2, 0) is 9.47 Å². The fraction of sp³-hybridized carbons (Fsp3) is 0.611. The third-order valence-corrected chi connectivity index (χ3v) is 4.46. The molecule has 1 amide bonds. The Morgan fingerprint density at radius 1 is 1.38 bits per heavy atom. The molecule has 0 fully saturated rings. The molecule has 0 saturated heterocycles. The number of hydrogen-bond donors (Lipinski definition) is 1. The van der Waals surface area contributed by atoms with Crippen LogP contribution in [0.25, 0.3) is 0 Å². The molecule has 1 aliphatic rings. The first-order valence-corrected chi connectivity index (χ1v) is 9.43. The van der Waals surface area contributed by atoms with Gasteiger partial charge in [0.2, 0.25) is 6.79 Å². The molecule has 8 heteroatoms. The molecular weight excluding hydrogens is 406 g/mol. The molecule has 26 heavy (non-hydrogen) atoms. The van der Waals surface area contributed by atoms with Crippen LogP contribution in [-0.4, -0.2) is 54.5 Å². The number of fused-ring (bicyclic) bond motifs is 1. The van der Waals surface area contributed by atoms with E-state index in [-0.39, 0.29) is 19.4 Å². The molecule has 0 radical (unpaired) electrons. The zero-order chi connectivity index (χ0) is 19.5. The van der Waals surface area contributed by atoms with Crippen LogP contribution in [0.4, 0.5) is 4.79 Å². The molecule has 1 aliphatic heterocycles. The number of benzene rings is 1. The topological polar surface area (TPSA) is 77.5 Å². The van der Waals surface area contributed by atoms with Crippen LogP contribution in [0.15, 0.2) is 12.1 Å². The van der Waals surface area contributed by atoms with E-state index < -0.39 is 17.8 Å². The smallest absolute Gasteiger partial charge is 0.410 e. The molecule has 1 N–H and O–H groups in total. The third kappa shape index (κ3) is 4.81. The highest BCUT2D eigenvalue weighted by atomic mass is 79.9. The van der Waals surface area contributed by atoms with E-state index in [2.05, 4.69) is 15.9 Å². The predicted octanol–water partition coefficient (Wildman–Crippen LogP) is 3.40. The maximum Gasteiger partial charge on any atom is 0.410 e. The number of carbonyl (C=O) groups excluding carboxylic acids is 1. The Balaban J connectivity index is 2.28. The molecule has 1 heterocycles. The number of aliphatic hydroxyl groups excluding tert-OH is 1. The molecule has 0 spiro atoms. The molecule has 146 valence electrons. The molecule has 0 aromatic heterocycles. The van der Waals surface area contributed by atoms with Crippen molar-refractivity contribution < 1.29 is 28.8 Å². The number of likely N-dealkylation sites (N-methyl/N-ethyl adjacent to an activating group) is 1. The predicted molar refractivity (Wildman–Crippen MR) is 99.9 cm³/mol. The number of halogens is 1. The van der Waals surface area contributed by atoms with Gasteiger partial charge in [-0.05, 0) is 32.4 Å². The number of ether oxygens (including phenoxy) is 4. The molecule has 1 aromatic carbocycles. The fourth-order valence-corrected chi connectivity index (χ4v) is 3.28. The first kappa shape index (κ1) is 20.8. The Morgan fingerprint density at radius 2 is 2.08 bits per heavy atom. The molecule has 2 atom stereocenters. The molecule has 1 aromatic rings. The summed E-state index contributed by atoms with van der Waals surface area (Å²) in [6.07, 6.45) is -1.77. The Labute approximate surface area is 162 Å². The van der Waals surface area contributed by atoms with Gasteiger partial charge in [0.05, 0.1) is 12.6 Å². The highest BCUT2D eigenvalue weighted by Gasteiger charge is 2.30. The summed E-state index contributed by atoms with van der Waals surface area (Å²) in [6, 6.07) is 3.63. The maximum absolute atomic E-state index is 12.2. The summed E-state index contributed by atoms with van der Waals surface area (Å²) in [6.45, 7) is 5.51. The summed E-state index contributed by atoms with van der Waals surface area (Å²) in [5.74, 6) is 1.04. The van der Waals surface area contributed by atoms with Crippen molar-refractivity contribution in [2.45, 2.75) is 38.6 Å². The number of nitrogens with zero attached hydrogens (tertiary/aromatic N) is 1. The molecule has 7 nitrogen and oxygen atoms in total. The first-order valence-electron chi connectivity index (χ1n) is 8.31. The molecule has 0 aliphatic carbocycles. The largest absolute Gasteiger partial charge is 0.454 e. The monoisotopic (exact) mass is 431 g/mol. The second kappa shape index (κ2) is 8.45. The maximum atomic E-state index is 12.2. The van der Waals surface area contributed by atoms with Crippen LogP contribution < -0.4 is 9.47 Å². The molecule has 2 unspecified atom stereocenters. The molecular formula is C18H26BrNO6. The average Bonchev–Trinajstić information content (AvgIpc) is 3.02. The standard InChI is InChI=1S/C18H26BrNO6/c1-18(2,3)26-17(22)20(4)9-12(21)15-11(14(8-19)23-5)6-7-13-16(15)25-10-24-13/h6-7,12,14,21H,8-10H2,1-5H3. The summed E-state index contributed by atoms with van der Waals surface area (Å²) in [4.78, 5) is 13.5. The van der Waals surface area contributed by atoms with Crippen LogP contribution in [0.3, 0.4) is 0 Å². The van der Waals surface area contributed by atoms with Gasteiger partial charge in [-0.3, -0.25) is 0 Å². The van der Waals surface area contributed by atoms with Crippen molar-refractivity contribution >= 4 is 22.0 Å². The summed E-state index contributed by atoms with van der Waals surface area (Å²) >= 11 is 3.42. The van der Waals surface area contributed by atoms with Gasteiger partial charge >= 0.3 is 6.09 Å². The van der Waals surface area contributed by atoms with Crippen molar-refractivity contribution in [1.82, 2.24) is 4.90 Å². The first-order chi connectivity index (χ1) is 12.2. The van der Waals surface area contributed by atoms with Crippen molar-refractivity contribution in [2.24, 2.45) is 0 Å². The van der Waals surface area contributed by atoms with Crippen LogP contribution in [0.2, 0.25) is 0 Å². The van der Waals surface area contributed by atoms with Gasteiger partial charge in [-0.2, -0.15) is 0 Å². The fourth-order valence-electron chi connectivity index (χ4n) is 2.67. The zero-order valence-corrected chi connectivity index (χ0v) is 17.3. The molecule has 0 saturated carbocycles. The summed E-state index contributed by atoms with van der Waals surface area (Å²) in [5.41, 5.74) is 0.726. The van der Waals surface area contributed by atoms with E-state index in [0.29, 0.717) is 22.4 Å². The normalized spacial score (nSPS) is 15.5. The highest BCUT2D eigenvalue weighted by Crippen LogP contribution is 2.43. The van der Waals surface area contributed by atoms with Crippen molar-refractivity contribution in [2.75, 3.05) is 32.8 Å². The van der Waals surface area contributed by atoms with E-state index in [9.17, 15) is 9.90 Å². The van der Waals surface area contributed by atoms with Gasteiger partial charge in [-0.15, -0.1) is 0 Å². The summed E-state index contributed by atoms with van der Waals surface area (Å²) in [7, 11) is 3.18. The minimum absolute atomic E-state index is 0.0421. The van der Waals surface area contributed by atoms with Crippen LogP contribution in [0.1, 0.15) is 44.1 Å². The Morgan fingerprint density at radius 3 is 2.65 bits per heavy atom. The van der Waals surface area contributed by atoms with Gasteiger partial charge in [-0.25, -0.2) is 4.79 Å².